The van der Waals surface area contributed by atoms with Crippen LogP contribution in [0.1, 0.15) is 5.56 Å². The molecule has 2 rings (SSSR count). The Balaban J connectivity index is 1.85. The van der Waals surface area contributed by atoms with Crippen molar-refractivity contribution in [3.8, 4) is 0 Å². The van der Waals surface area contributed by atoms with E-state index in [2.05, 4.69) is 10.4 Å². The SMILES string of the molecule is O=C(Cn1cc(Cl)cn1)NCc1cccc(Cl)c1. The Morgan fingerprint density at radius 1 is 1.33 bits per heavy atom. The van der Waals surface area contributed by atoms with Crippen LogP contribution in [0.2, 0.25) is 10.0 Å². The van der Waals surface area contributed by atoms with E-state index in [0.717, 1.165) is 5.56 Å². The number of carbonyl (C=O) groups is 1. The summed E-state index contributed by atoms with van der Waals surface area (Å²) >= 11 is 11.6. The van der Waals surface area contributed by atoms with E-state index in [-0.39, 0.29) is 12.5 Å². The number of aromatic nitrogens is 2. The van der Waals surface area contributed by atoms with Gasteiger partial charge in [-0.3, -0.25) is 9.48 Å². The van der Waals surface area contributed by atoms with Gasteiger partial charge in [0.05, 0.1) is 11.2 Å². The minimum atomic E-state index is -0.130. The van der Waals surface area contributed by atoms with E-state index < -0.39 is 0 Å². The maximum absolute atomic E-state index is 11.6. The molecule has 2 aromatic rings. The summed E-state index contributed by atoms with van der Waals surface area (Å²) in [6, 6.07) is 7.35. The monoisotopic (exact) mass is 283 g/mol. The van der Waals surface area contributed by atoms with Crippen molar-refractivity contribution in [1.29, 1.82) is 0 Å². The van der Waals surface area contributed by atoms with Crippen molar-refractivity contribution in [2.45, 2.75) is 13.1 Å². The third-order valence-corrected chi connectivity index (χ3v) is 2.72. The lowest BCUT2D eigenvalue weighted by Gasteiger charge is -2.05. The molecule has 1 aromatic carbocycles. The van der Waals surface area contributed by atoms with Crippen molar-refractivity contribution in [1.82, 2.24) is 15.1 Å². The fourth-order valence-corrected chi connectivity index (χ4v) is 1.84. The van der Waals surface area contributed by atoms with Crippen LogP contribution in [0.15, 0.2) is 36.7 Å². The predicted molar refractivity (Wildman–Crippen MR) is 70.5 cm³/mol. The molecule has 1 heterocycles. The van der Waals surface area contributed by atoms with Gasteiger partial charge in [-0.15, -0.1) is 0 Å². The van der Waals surface area contributed by atoms with Gasteiger partial charge in [0.2, 0.25) is 5.91 Å². The van der Waals surface area contributed by atoms with E-state index in [1.807, 2.05) is 18.2 Å². The first-order valence-corrected chi connectivity index (χ1v) is 6.08. The smallest absolute Gasteiger partial charge is 0.241 e. The summed E-state index contributed by atoms with van der Waals surface area (Å²) in [5.41, 5.74) is 0.953. The average Bonchev–Trinajstić information content (AvgIpc) is 2.72. The van der Waals surface area contributed by atoms with Gasteiger partial charge in [0, 0.05) is 17.8 Å². The van der Waals surface area contributed by atoms with Gasteiger partial charge in [0.25, 0.3) is 0 Å². The van der Waals surface area contributed by atoms with Crippen LogP contribution in [0.3, 0.4) is 0 Å². The number of nitrogens with zero attached hydrogens (tertiary/aromatic N) is 2. The number of hydrogen-bond donors (Lipinski definition) is 1. The molecule has 0 aliphatic carbocycles. The zero-order valence-electron chi connectivity index (χ0n) is 9.44. The normalized spacial score (nSPS) is 10.3. The fraction of sp³-hybridized carbons (Fsp3) is 0.167. The molecule has 0 aliphatic heterocycles. The predicted octanol–water partition coefficient (Wildman–Crippen LogP) is 2.51. The lowest BCUT2D eigenvalue weighted by atomic mass is 10.2. The number of benzene rings is 1. The van der Waals surface area contributed by atoms with Crippen LogP contribution in [-0.4, -0.2) is 15.7 Å². The minimum Gasteiger partial charge on any atom is -0.350 e. The molecule has 1 N–H and O–H groups in total. The van der Waals surface area contributed by atoms with E-state index in [4.69, 9.17) is 23.2 Å². The summed E-state index contributed by atoms with van der Waals surface area (Å²) in [4.78, 5) is 11.6. The van der Waals surface area contributed by atoms with Crippen molar-refractivity contribution >= 4 is 29.1 Å². The van der Waals surface area contributed by atoms with Crippen molar-refractivity contribution in [3.63, 3.8) is 0 Å². The fourth-order valence-electron chi connectivity index (χ4n) is 1.48. The lowest BCUT2D eigenvalue weighted by Crippen LogP contribution is -2.27. The van der Waals surface area contributed by atoms with Crippen LogP contribution in [0, 0.1) is 0 Å². The van der Waals surface area contributed by atoms with E-state index in [1.54, 1.807) is 12.3 Å². The summed E-state index contributed by atoms with van der Waals surface area (Å²) in [5.74, 6) is -0.130. The minimum absolute atomic E-state index is 0.130. The van der Waals surface area contributed by atoms with Crippen molar-refractivity contribution < 1.29 is 4.79 Å². The number of hydrogen-bond acceptors (Lipinski definition) is 2. The molecule has 0 atom stereocenters. The molecule has 0 aliphatic rings. The third-order valence-electron chi connectivity index (χ3n) is 2.29. The quantitative estimate of drug-likeness (QED) is 0.937. The van der Waals surface area contributed by atoms with Crippen LogP contribution in [0.5, 0.6) is 0 Å². The molecule has 18 heavy (non-hydrogen) atoms. The third kappa shape index (κ3) is 3.75. The first-order chi connectivity index (χ1) is 8.63. The van der Waals surface area contributed by atoms with Gasteiger partial charge in [-0.25, -0.2) is 0 Å². The molecule has 0 saturated heterocycles. The van der Waals surface area contributed by atoms with E-state index in [1.165, 1.54) is 10.9 Å². The molecule has 0 fully saturated rings. The Kier molecular flexibility index (Phi) is 4.23. The van der Waals surface area contributed by atoms with Gasteiger partial charge in [0.1, 0.15) is 6.54 Å². The topological polar surface area (TPSA) is 46.9 Å². The first-order valence-electron chi connectivity index (χ1n) is 5.32. The number of amides is 1. The average molecular weight is 284 g/mol. The molecule has 94 valence electrons. The van der Waals surface area contributed by atoms with Gasteiger partial charge < -0.3 is 5.32 Å². The second kappa shape index (κ2) is 5.89. The maximum Gasteiger partial charge on any atom is 0.241 e. The van der Waals surface area contributed by atoms with Crippen molar-refractivity contribution in [2.24, 2.45) is 0 Å². The Labute approximate surface area is 115 Å². The summed E-state index contributed by atoms with van der Waals surface area (Å²) in [6.45, 7) is 0.585. The molecule has 0 unspecified atom stereocenters. The molecule has 0 saturated carbocycles. The molecular weight excluding hydrogens is 273 g/mol. The Bertz CT molecular complexity index is 554. The van der Waals surface area contributed by atoms with Gasteiger partial charge >= 0.3 is 0 Å². The highest BCUT2D eigenvalue weighted by Gasteiger charge is 2.04. The second-order valence-corrected chi connectivity index (χ2v) is 4.64. The molecule has 1 amide bonds. The molecule has 0 radical (unpaired) electrons. The van der Waals surface area contributed by atoms with Gasteiger partial charge in [-0.1, -0.05) is 35.3 Å². The molecule has 0 spiro atoms. The number of rotatable bonds is 4. The zero-order valence-corrected chi connectivity index (χ0v) is 10.9. The van der Waals surface area contributed by atoms with Crippen LogP contribution >= 0.6 is 23.2 Å². The summed E-state index contributed by atoms with van der Waals surface area (Å²) < 4.78 is 1.48. The van der Waals surface area contributed by atoms with Crippen molar-refractivity contribution in [2.75, 3.05) is 0 Å². The van der Waals surface area contributed by atoms with Crippen LogP contribution in [0.4, 0.5) is 0 Å². The standard InChI is InChI=1S/C12H11Cl2N3O/c13-10-3-1-2-9(4-10)5-15-12(18)8-17-7-11(14)6-16-17/h1-4,6-7H,5,8H2,(H,15,18). The summed E-state index contributed by atoms with van der Waals surface area (Å²) in [5, 5.41) is 7.88. The highest BCUT2D eigenvalue weighted by atomic mass is 35.5. The molecule has 4 nitrogen and oxygen atoms in total. The molecule has 1 aromatic heterocycles. The highest BCUT2D eigenvalue weighted by Crippen LogP contribution is 2.10. The summed E-state index contributed by atoms with van der Waals surface area (Å²) in [7, 11) is 0. The Hall–Kier alpha value is -1.52. The Morgan fingerprint density at radius 3 is 2.83 bits per heavy atom. The maximum atomic E-state index is 11.6. The Morgan fingerprint density at radius 2 is 2.17 bits per heavy atom. The van der Waals surface area contributed by atoms with Crippen LogP contribution in [0.25, 0.3) is 0 Å². The first kappa shape index (κ1) is 12.9. The molecule has 0 bridgehead atoms. The number of halogens is 2. The largest absolute Gasteiger partial charge is 0.350 e. The lowest BCUT2D eigenvalue weighted by molar-refractivity contribution is -0.122. The number of nitrogens with one attached hydrogen (secondary N) is 1. The van der Waals surface area contributed by atoms with E-state index in [0.29, 0.717) is 16.6 Å². The molecular formula is C12H11Cl2N3O. The van der Waals surface area contributed by atoms with Crippen LogP contribution < -0.4 is 5.32 Å². The van der Waals surface area contributed by atoms with Crippen molar-refractivity contribution in [3.05, 3.63) is 52.3 Å². The molecule has 6 heteroatoms. The van der Waals surface area contributed by atoms with Gasteiger partial charge in [-0.2, -0.15) is 5.10 Å². The van der Waals surface area contributed by atoms with E-state index >= 15 is 0 Å². The van der Waals surface area contributed by atoms with Gasteiger partial charge in [0.15, 0.2) is 0 Å². The summed E-state index contributed by atoms with van der Waals surface area (Å²) in [6.07, 6.45) is 3.09. The van der Waals surface area contributed by atoms with Crippen LogP contribution in [-0.2, 0) is 17.9 Å². The van der Waals surface area contributed by atoms with Gasteiger partial charge in [-0.05, 0) is 17.7 Å². The number of carbonyl (C=O) groups excluding carboxylic acids is 1. The zero-order chi connectivity index (χ0) is 13.0. The highest BCUT2D eigenvalue weighted by molar-refractivity contribution is 6.30. The second-order valence-electron chi connectivity index (χ2n) is 3.76. The van der Waals surface area contributed by atoms with E-state index in [9.17, 15) is 4.79 Å².